The maximum absolute atomic E-state index is 11.0. The number of rotatable bonds is 3. The molecule has 1 rings (SSSR count). The average molecular weight is 231 g/mol. The number of hydrogen-bond acceptors (Lipinski definition) is 2. The maximum atomic E-state index is 11.0. The van der Waals surface area contributed by atoms with E-state index in [-0.39, 0.29) is 11.8 Å². The lowest BCUT2D eigenvalue weighted by Gasteiger charge is -2.32. The summed E-state index contributed by atoms with van der Waals surface area (Å²) < 4.78 is 5.11. The lowest BCUT2D eigenvalue weighted by molar-refractivity contribution is -0.142. The topological polar surface area (TPSA) is 26.3 Å². The van der Waals surface area contributed by atoms with Crippen molar-refractivity contribution in [2.75, 3.05) is 12.5 Å². The van der Waals surface area contributed by atoms with Crippen molar-refractivity contribution in [3.8, 4) is 0 Å². The average Bonchev–Trinajstić information content (AvgIpc) is 2.15. The van der Waals surface area contributed by atoms with E-state index in [2.05, 4.69) is 26.8 Å². The Labute approximate surface area is 96.6 Å². The van der Waals surface area contributed by atoms with Crippen LogP contribution in [-0.4, -0.2) is 18.5 Å². The molecule has 0 N–H and O–H groups in total. The van der Waals surface area contributed by atoms with Crippen molar-refractivity contribution >= 4 is 17.6 Å². The van der Waals surface area contributed by atoms with E-state index in [1.165, 1.54) is 5.57 Å². The summed E-state index contributed by atoms with van der Waals surface area (Å²) in [5.74, 6) is 1.12. The third-order valence-electron chi connectivity index (χ3n) is 3.14. The quantitative estimate of drug-likeness (QED) is 0.423. The summed E-state index contributed by atoms with van der Waals surface area (Å²) in [6.45, 7) is 7.05. The Bertz CT molecular complexity index is 260. The summed E-state index contributed by atoms with van der Waals surface area (Å²) in [7, 11) is 0. The molecule has 2 nitrogen and oxygen atoms in total. The van der Waals surface area contributed by atoms with Gasteiger partial charge in [0.05, 0.1) is 6.61 Å². The zero-order valence-corrected chi connectivity index (χ0v) is 10.4. The maximum Gasteiger partial charge on any atom is 0.320 e. The van der Waals surface area contributed by atoms with Crippen molar-refractivity contribution in [2.45, 2.75) is 27.2 Å². The first-order valence-corrected chi connectivity index (χ1v) is 5.97. The number of halogens is 1. The van der Waals surface area contributed by atoms with Crippen LogP contribution in [-0.2, 0) is 9.53 Å². The van der Waals surface area contributed by atoms with E-state index in [1.54, 1.807) is 0 Å². The number of ether oxygens (including phenoxy) is 1. The number of esters is 1. The van der Waals surface area contributed by atoms with Crippen LogP contribution in [0.1, 0.15) is 27.2 Å². The molecule has 0 radical (unpaired) electrons. The van der Waals surface area contributed by atoms with Gasteiger partial charge in [0.15, 0.2) is 0 Å². The van der Waals surface area contributed by atoms with E-state index < -0.39 is 0 Å². The molecule has 1 aliphatic carbocycles. The fraction of sp³-hybridized carbons (Fsp3) is 0.750. The van der Waals surface area contributed by atoms with E-state index in [1.807, 2.05) is 0 Å². The molecule has 0 spiro atoms. The minimum atomic E-state index is -0.317. The molecule has 0 aromatic carbocycles. The molecule has 3 atom stereocenters. The molecular formula is C12H19ClO2. The van der Waals surface area contributed by atoms with Gasteiger partial charge in [0, 0.05) is 5.92 Å². The Kier molecular flexibility index (Phi) is 4.65. The molecule has 1 aliphatic rings. The van der Waals surface area contributed by atoms with Crippen LogP contribution in [0.2, 0.25) is 0 Å². The van der Waals surface area contributed by atoms with E-state index in [9.17, 15) is 4.79 Å². The van der Waals surface area contributed by atoms with Crippen molar-refractivity contribution < 1.29 is 9.53 Å². The van der Waals surface area contributed by atoms with Crippen molar-refractivity contribution in [3.05, 3.63) is 11.6 Å². The first-order valence-electron chi connectivity index (χ1n) is 5.43. The summed E-state index contributed by atoms with van der Waals surface area (Å²) in [6, 6.07) is 0. The normalized spacial score (nSPS) is 30.9. The third kappa shape index (κ3) is 3.53. The molecule has 0 aliphatic heterocycles. The second-order valence-corrected chi connectivity index (χ2v) is 4.80. The number of carbonyl (C=O) groups is 1. The minimum Gasteiger partial charge on any atom is -0.464 e. The van der Waals surface area contributed by atoms with Crippen molar-refractivity contribution in [3.63, 3.8) is 0 Å². The molecule has 0 saturated heterocycles. The SMILES string of the molecule is CC1=C[C@H](C)[C@@H](COC(=O)CCl)[C@H](C)C1. The molecule has 0 amide bonds. The summed E-state index contributed by atoms with van der Waals surface area (Å²) in [6.07, 6.45) is 3.38. The molecule has 15 heavy (non-hydrogen) atoms. The summed E-state index contributed by atoms with van der Waals surface area (Å²) >= 11 is 5.38. The molecule has 3 heteroatoms. The summed E-state index contributed by atoms with van der Waals surface area (Å²) in [5.41, 5.74) is 1.44. The molecule has 0 aromatic rings. The van der Waals surface area contributed by atoms with E-state index in [4.69, 9.17) is 16.3 Å². The van der Waals surface area contributed by atoms with Crippen molar-refractivity contribution in [1.29, 1.82) is 0 Å². The Balaban J connectivity index is 2.50. The first-order chi connectivity index (χ1) is 7.04. The zero-order chi connectivity index (χ0) is 11.4. The monoisotopic (exact) mass is 230 g/mol. The number of carbonyl (C=O) groups excluding carboxylic acids is 1. The number of hydrogen-bond donors (Lipinski definition) is 0. The molecule has 0 aromatic heterocycles. The Morgan fingerprint density at radius 3 is 2.80 bits per heavy atom. The van der Waals surface area contributed by atoms with Gasteiger partial charge in [-0.3, -0.25) is 4.79 Å². The van der Waals surface area contributed by atoms with Crippen LogP contribution in [0.15, 0.2) is 11.6 Å². The van der Waals surface area contributed by atoms with Gasteiger partial charge in [0.1, 0.15) is 5.88 Å². The van der Waals surface area contributed by atoms with Gasteiger partial charge >= 0.3 is 5.97 Å². The second-order valence-electron chi connectivity index (χ2n) is 4.53. The van der Waals surface area contributed by atoms with Crippen LogP contribution in [0.5, 0.6) is 0 Å². The van der Waals surface area contributed by atoms with Crippen LogP contribution in [0.25, 0.3) is 0 Å². The zero-order valence-electron chi connectivity index (χ0n) is 9.63. The van der Waals surface area contributed by atoms with E-state index in [0.717, 1.165) is 6.42 Å². The van der Waals surface area contributed by atoms with Crippen LogP contribution in [0, 0.1) is 17.8 Å². The van der Waals surface area contributed by atoms with Gasteiger partial charge < -0.3 is 4.74 Å². The van der Waals surface area contributed by atoms with Crippen LogP contribution in [0.4, 0.5) is 0 Å². The van der Waals surface area contributed by atoms with Crippen LogP contribution >= 0.6 is 11.6 Å². The number of allylic oxidation sites excluding steroid dienone is 2. The minimum absolute atomic E-state index is 0.0512. The van der Waals surface area contributed by atoms with Gasteiger partial charge in [-0.05, 0) is 25.2 Å². The second kappa shape index (κ2) is 5.55. The largest absolute Gasteiger partial charge is 0.464 e. The Morgan fingerprint density at radius 2 is 2.27 bits per heavy atom. The molecule has 0 unspecified atom stereocenters. The fourth-order valence-electron chi connectivity index (χ4n) is 2.36. The van der Waals surface area contributed by atoms with Crippen molar-refractivity contribution in [1.82, 2.24) is 0 Å². The highest BCUT2D eigenvalue weighted by molar-refractivity contribution is 6.26. The molecule has 0 heterocycles. The highest BCUT2D eigenvalue weighted by Gasteiger charge is 2.27. The van der Waals surface area contributed by atoms with Gasteiger partial charge in [-0.15, -0.1) is 11.6 Å². The number of alkyl halides is 1. The molecule has 0 fully saturated rings. The molecule has 0 saturated carbocycles. The summed E-state index contributed by atoms with van der Waals surface area (Å²) in [4.78, 5) is 11.0. The van der Waals surface area contributed by atoms with Gasteiger partial charge in [0.2, 0.25) is 0 Å². The van der Waals surface area contributed by atoms with Gasteiger partial charge in [0.25, 0.3) is 0 Å². The first kappa shape index (κ1) is 12.6. The van der Waals surface area contributed by atoms with E-state index >= 15 is 0 Å². The molecular weight excluding hydrogens is 212 g/mol. The lowest BCUT2D eigenvalue weighted by atomic mass is 9.75. The van der Waals surface area contributed by atoms with Crippen LogP contribution < -0.4 is 0 Å². The van der Waals surface area contributed by atoms with Gasteiger partial charge in [-0.2, -0.15) is 0 Å². The molecule has 86 valence electrons. The standard InChI is InChI=1S/C12H19ClO2/c1-8-4-9(2)11(10(3)5-8)7-15-12(14)6-13/h4,9-11H,5-7H2,1-3H3/t9-,10+,11+/m0/s1. The predicted molar refractivity (Wildman–Crippen MR) is 61.9 cm³/mol. The molecule has 0 bridgehead atoms. The fourth-order valence-corrected chi connectivity index (χ4v) is 2.44. The van der Waals surface area contributed by atoms with Gasteiger partial charge in [-0.25, -0.2) is 0 Å². The van der Waals surface area contributed by atoms with Crippen LogP contribution in [0.3, 0.4) is 0 Å². The van der Waals surface area contributed by atoms with Crippen molar-refractivity contribution in [2.24, 2.45) is 17.8 Å². The summed E-state index contributed by atoms with van der Waals surface area (Å²) in [5, 5.41) is 0. The van der Waals surface area contributed by atoms with Gasteiger partial charge in [-0.1, -0.05) is 25.5 Å². The Morgan fingerprint density at radius 1 is 1.60 bits per heavy atom. The highest BCUT2D eigenvalue weighted by atomic mass is 35.5. The highest BCUT2D eigenvalue weighted by Crippen LogP contribution is 2.33. The lowest BCUT2D eigenvalue weighted by Crippen LogP contribution is -2.28. The predicted octanol–water partition coefficient (Wildman–Crippen LogP) is 3.01. The third-order valence-corrected chi connectivity index (χ3v) is 3.36. The smallest absolute Gasteiger partial charge is 0.320 e. The Hall–Kier alpha value is -0.500. The van der Waals surface area contributed by atoms with E-state index in [0.29, 0.717) is 24.4 Å².